The van der Waals surface area contributed by atoms with E-state index in [0.717, 1.165) is 22.2 Å². The highest BCUT2D eigenvalue weighted by Crippen LogP contribution is 2.23. The Hall–Kier alpha value is -7.00. The van der Waals surface area contributed by atoms with Crippen LogP contribution in [0.25, 0.3) is 10.9 Å². The van der Waals surface area contributed by atoms with Gasteiger partial charge in [0, 0.05) is 42.3 Å². The number of allylic oxidation sites excluding steroid dienone is 1. The Bertz CT molecular complexity index is 2100. The molecule has 61 heavy (non-hydrogen) atoms. The van der Waals surface area contributed by atoms with Gasteiger partial charge in [-0.15, -0.1) is 0 Å². The SMILES string of the molecule is C=C1CCC(C(=O)NC(CC(N)=O)C(=O)N2CCCC2C(=O)NC(Cc2c[nH]c3ccccc23)C(N)=O)N1.NC(=O)CC(NC(=O)C1CC(=O)N1)C(=O)N1CCCC1C(N)=O. The molecule has 0 bridgehead atoms. The number of aromatic nitrogens is 1. The minimum atomic E-state index is -1.22. The van der Waals surface area contributed by atoms with Crippen molar-refractivity contribution in [3.05, 3.63) is 48.3 Å². The first kappa shape index (κ1) is 45.1. The predicted molar refractivity (Wildman–Crippen MR) is 215 cm³/mol. The van der Waals surface area contributed by atoms with Crippen LogP contribution in [0.3, 0.4) is 0 Å². The molecule has 0 aliphatic carbocycles. The molecule has 1 aromatic carbocycles. The Morgan fingerprint density at radius 1 is 0.721 bits per heavy atom. The molecule has 14 N–H and O–H groups in total. The number of fused-ring (bicyclic) bond motifs is 1. The van der Waals surface area contributed by atoms with Crippen LogP contribution in [0.15, 0.2) is 42.7 Å². The van der Waals surface area contributed by atoms with E-state index in [1.54, 1.807) is 6.20 Å². The molecule has 6 rings (SSSR count). The summed E-state index contributed by atoms with van der Waals surface area (Å²) in [6, 6.07) is 1.24. The van der Waals surface area contributed by atoms with Crippen LogP contribution >= 0.6 is 0 Å². The van der Waals surface area contributed by atoms with Gasteiger partial charge in [-0.05, 0) is 50.2 Å². The molecular weight excluding hydrogens is 797 g/mol. The molecule has 7 atom stereocenters. The third-order valence-electron chi connectivity index (χ3n) is 11.0. The summed E-state index contributed by atoms with van der Waals surface area (Å²) >= 11 is 0. The Kier molecular flexibility index (Phi) is 14.7. The fourth-order valence-corrected chi connectivity index (χ4v) is 7.81. The lowest BCUT2D eigenvalue weighted by atomic mass is 10.0. The smallest absolute Gasteiger partial charge is 0.246 e. The Labute approximate surface area is 349 Å². The molecule has 22 nitrogen and oxygen atoms in total. The lowest BCUT2D eigenvalue weighted by Crippen LogP contribution is -2.61. The summed E-state index contributed by atoms with van der Waals surface area (Å²) in [6.07, 6.45) is 4.24. The minimum absolute atomic E-state index is 0.0247. The Morgan fingerprint density at radius 2 is 1.26 bits per heavy atom. The van der Waals surface area contributed by atoms with E-state index in [1.165, 1.54) is 9.80 Å². The van der Waals surface area contributed by atoms with Crippen molar-refractivity contribution in [2.24, 2.45) is 22.9 Å². The number of nitrogens with zero attached hydrogens (tertiary/aromatic N) is 2. The van der Waals surface area contributed by atoms with E-state index in [1.807, 2.05) is 24.3 Å². The minimum Gasteiger partial charge on any atom is -0.378 e. The maximum absolute atomic E-state index is 13.4. The summed E-state index contributed by atoms with van der Waals surface area (Å²) in [5.41, 5.74) is 23.8. The molecule has 4 fully saturated rings. The zero-order chi connectivity index (χ0) is 44.5. The van der Waals surface area contributed by atoms with Crippen molar-refractivity contribution >= 4 is 70.0 Å². The molecule has 10 amide bonds. The van der Waals surface area contributed by atoms with Gasteiger partial charge in [-0.2, -0.15) is 0 Å². The normalized spacial score (nSPS) is 22.0. The molecular formula is C39H52N12O10. The fraction of sp³-hybridized carbons (Fsp3) is 0.487. The topological polar surface area (TPSA) is 357 Å². The van der Waals surface area contributed by atoms with Gasteiger partial charge in [0.1, 0.15) is 42.3 Å². The predicted octanol–water partition coefficient (Wildman–Crippen LogP) is -3.99. The number of nitrogens with two attached hydrogens (primary N) is 4. The van der Waals surface area contributed by atoms with Crippen LogP contribution in [0, 0.1) is 0 Å². The number of amides is 10. The number of hydrogen-bond donors (Lipinski definition) is 10. The fourth-order valence-electron chi connectivity index (χ4n) is 7.81. The quantitative estimate of drug-likeness (QED) is 0.0726. The molecule has 22 heteroatoms. The van der Waals surface area contributed by atoms with Crippen molar-refractivity contribution in [1.82, 2.24) is 41.4 Å². The third-order valence-corrected chi connectivity index (χ3v) is 11.0. The van der Waals surface area contributed by atoms with Crippen LogP contribution in [-0.2, 0) is 54.4 Å². The molecule has 0 radical (unpaired) electrons. The molecule has 328 valence electrons. The molecule has 4 aliphatic heterocycles. The average Bonchev–Trinajstić information content (AvgIpc) is 4.02. The summed E-state index contributed by atoms with van der Waals surface area (Å²) in [6.45, 7) is 4.37. The number of primary amides is 4. The molecule has 5 heterocycles. The number of para-hydroxylation sites is 1. The standard InChI is InChI=1S/C26H33N7O5.C13H19N5O5/c1-14-8-9-18(30-14)24(36)32-20(12-22(27)34)26(38)33-10-4-7-21(33)25(37)31-19(23(28)35)11-15-13-29-17-6-3-2-5-16(15)17;14-9(19)4-7(17-12(22)6-5-10(20)16-6)13(23)18-3-1-2-8(18)11(15)21/h2-3,5-6,13,18-21,29-30H,1,4,7-12H2,(H2,27,34)(H2,28,35)(H,31,37)(H,32,36);6-8H,1-5H2,(H2,14,19)(H2,15,21)(H,16,20)(H,17,22). The zero-order valence-electron chi connectivity index (χ0n) is 33.4. The Morgan fingerprint density at radius 3 is 1.79 bits per heavy atom. The molecule has 4 aliphatic rings. The van der Waals surface area contributed by atoms with Crippen LogP contribution < -0.4 is 49.5 Å². The van der Waals surface area contributed by atoms with Crippen molar-refractivity contribution in [2.45, 2.75) is 107 Å². The highest BCUT2D eigenvalue weighted by atomic mass is 16.2. The molecule has 4 saturated heterocycles. The van der Waals surface area contributed by atoms with Crippen molar-refractivity contribution in [3.63, 3.8) is 0 Å². The van der Waals surface area contributed by atoms with Crippen LogP contribution in [0.4, 0.5) is 0 Å². The van der Waals surface area contributed by atoms with E-state index in [0.29, 0.717) is 45.1 Å². The van der Waals surface area contributed by atoms with E-state index < -0.39 is 108 Å². The van der Waals surface area contributed by atoms with Gasteiger partial charge in [0.25, 0.3) is 0 Å². The summed E-state index contributed by atoms with van der Waals surface area (Å²) in [5, 5.41) is 13.9. The number of hydrogen-bond acceptors (Lipinski definition) is 11. The molecule has 7 unspecified atom stereocenters. The van der Waals surface area contributed by atoms with Gasteiger partial charge in [0.05, 0.1) is 19.3 Å². The number of H-pyrrole nitrogens is 1. The van der Waals surface area contributed by atoms with Gasteiger partial charge < -0.3 is 64.3 Å². The highest BCUT2D eigenvalue weighted by molar-refractivity contribution is 6.01. The van der Waals surface area contributed by atoms with Gasteiger partial charge in [-0.1, -0.05) is 24.8 Å². The summed E-state index contributed by atoms with van der Waals surface area (Å²) in [4.78, 5) is 127. The van der Waals surface area contributed by atoms with E-state index in [9.17, 15) is 47.9 Å². The number of likely N-dealkylation sites (tertiary alicyclic amines) is 2. The maximum atomic E-state index is 13.4. The number of rotatable bonds is 16. The van der Waals surface area contributed by atoms with Gasteiger partial charge >= 0.3 is 0 Å². The van der Waals surface area contributed by atoms with Crippen LogP contribution in [0.1, 0.15) is 63.4 Å². The van der Waals surface area contributed by atoms with Gasteiger partial charge in [-0.25, -0.2) is 0 Å². The maximum Gasteiger partial charge on any atom is 0.246 e. The second kappa shape index (κ2) is 19.8. The number of carbonyl (C=O) groups excluding carboxylic acids is 10. The first-order valence-corrected chi connectivity index (χ1v) is 19.9. The van der Waals surface area contributed by atoms with E-state index in [-0.39, 0.29) is 25.3 Å². The summed E-state index contributed by atoms with van der Waals surface area (Å²) < 4.78 is 0. The van der Waals surface area contributed by atoms with E-state index >= 15 is 0 Å². The van der Waals surface area contributed by atoms with Crippen molar-refractivity contribution in [3.8, 4) is 0 Å². The zero-order valence-corrected chi connectivity index (χ0v) is 33.4. The van der Waals surface area contributed by atoms with E-state index in [2.05, 4.69) is 38.1 Å². The van der Waals surface area contributed by atoms with Crippen molar-refractivity contribution < 1.29 is 47.9 Å². The first-order valence-electron chi connectivity index (χ1n) is 19.9. The summed E-state index contributed by atoms with van der Waals surface area (Å²) in [5.74, 6) is -5.85. The third kappa shape index (κ3) is 11.4. The number of nitrogens with one attached hydrogen (secondary N) is 6. The van der Waals surface area contributed by atoms with Gasteiger partial charge in [0.15, 0.2) is 0 Å². The highest BCUT2D eigenvalue weighted by Gasteiger charge is 2.41. The molecule has 1 aromatic heterocycles. The second-order valence-electron chi connectivity index (χ2n) is 15.4. The lowest BCUT2D eigenvalue weighted by Gasteiger charge is -2.30. The van der Waals surface area contributed by atoms with Gasteiger partial charge in [-0.3, -0.25) is 47.9 Å². The Balaban J connectivity index is 0.000000262. The van der Waals surface area contributed by atoms with Crippen molar-refractivity contribution in [2.75, 3.05) is 13.1 Å². The monoisotopic (exact) mass is 848 g/mol. The number of aromatic amines is 1. The van der Waals surface area contributed by atoms with Crippen LogP contribution in [0.2, 0.25) is 0 Å². The van der Waals surface area contributed by atoms with Crippen LogP contribution in [0.5, 0.6) is 0 Å². The average molecular weight is 849 g/mol. The first-order chi connectivity index (χ1) is 28.9. The van der Waals surface area contributed by atoms with Crippen LogP contribution in [-0.4, -0.2) is 129 Å². The molecule has 0 saturated carbocycles. The van der Waals surface area contributed by atoms with E-state index in [4.69, 9.17) is 22.9 Å². The van der Waals surface area contributed by atoms with Crippen molar-refractivity contribution in [1.29, 1.82) is 0 Å². The van der Waals surface area contributed by atoms with Gasteiger partial charge in [0.2, 0.25) is 59.1 Å². The number of benzene rings is 1. The second-order valence-corrected chi connectivity index (χ2v) is 15.4. The summed E-state index contributed by atoms with van der Waals surface area (Å²) in [7, 11) is 0. The molecule has 2 aromatic rings. The largest absolute Gasteiger partial charge is 0.378 e. The molecule has 0 spiro atoms. The number of β-lactam (4-membered cyclic amide) rings is 1. The lowest BCUT2D eigenvalue weighted by molar-refractivity contribution is -0.143. The number of carbonyl (C=O) groups is 10.